The van der Waals surface area contributed by atoms with Crippen LogP contribution < -0.4 is 0 Å². The third-order valence-electron chi connectivity index (χ3n) is 7.56. The van der Waals surface area contributed by atoms with Gasteiger partial charge in [-0.3, -0.25) is 9.55 Å². The molecule has 39 heavy (non-hydrogen) atoms. The van der Waals surface area contributed by atoms with Crippen molar-refractivity contribution in [3.63, 3.8) is 0 Å². The van der Waals surface area contributed by atoms with E-state index in [-0.39, 0.29) is 0 Å². The fourth-order valence-corrected chi connectivity index (χ4v) is 5.80. The average Bonchev–Trinajstić information content (AvgIpc) is 3.46. The van der Waals surface area contributed by atoms with Crippen LogP contribution in [-0.4, -0.2) is 19.7 Å². The lowest BCUT2D eigenvalue weighted by Crippen LogP contribution is -2.01. The molecular formula is C35H22N4. The second-order valence-corrected chi connectivity index (χ2v) is 9.75. The maximum absolute atomic E-state index is 4.79. The number of pyridine rings is 1. The highest BCUT2D eigenvalue weighted by molar-refractivity contribution is 6.27. The molecule has 0 saturated carbocycles. The Kier molecular flexibility index (Phi) is 4.79. The smallest absolute Gasteiger partial charge is 0.169 e. The molecule has 0 N–H and O–H groups in total. The van der Waals surface area contributed by atoms with Crippen LogP contribution in [0.4, 0.5) is 0 Å². The zero-order valence-electron chi connectivity index (χ0n) is 21.0. The Morgan fingerprint density at radius 1 is 0.462 bits per heavy atom. The van der Waals surface area contributed by atoms with E-state index in [1.54, 1.807) is 0 Å². The van der Waals surface area contributed by atoms with E-state index in [2.05, 4.69) is 101 Å². The van der Waals surface area contributed by atoms with Crippen LogP contribution in [0.25, 0.3) is 72.0 Å². The van der Waals surface area contributed by atoms with Gasteiger partial charge in [-0.2, -0.15) is 0 Å². The minimum Gasteiger partial charge on any atom is -0.275 e. The topological polar surface area (TPSA) is 43.6 Å². The molecule has 0 aliphatic carbocycles. The summed E-state index contributed by atoms with van der Waals surface area (Å²) in [5, 5.41) is 16.8. The van der Waals surface area contributed by atoms with Gasteiger partial charge in [-0.1, -0.05) is 97.1 Å². The van der Waals surface area contributed by atoms with Crippen LogP contribution in [0.5, 0.6) is 0 Å². The summed E-state index contributed by atoms with van der Waals surface area (Å²) >= 11 is 0. The van der Waals surface area contributed by atoms with Crippen LogP contribution in [0, 0.1) is 0 Å². The molecule has 182 valence electrons. The molecule has 0 bridgehead atoms. The molecule has 0 fully saturated rings. The van der Waals surface area contributed by atoms with Crippen LogP contribution in [0.3, 0.4) is 0 Å². The quantitative estimate of drug-likeness (QED) is 0.228. The maximum Gasteiger partial charge on any atom is 0.169 e. The Labute approximate surface area is 225 Å². The molecule has 0 aliphatic heterocycles. The highest BCUT2D eigenvalue weighted by Gasteiger charge is 2.21. The molecule has 6 aromatic carbocycles. The largest absolute Gasteiger partial charge is 0.275 e. The molecular weight excluding hydrogens is 476 g/mol. The minimum atomic E-state index is 0.819. The molecule has 8 aromatic rings. The van der Waals surface area contributed by atoms with Crippen LogP contribution in [0.1, 0.15) is 0 Å². The average molecular weight is 499 g/mol. The van der Waals surface area contributed by atoms with Crippen LogP contribution in [0.2, 0.25) is 0 Å². The maximum atomic E-state index is 4.79. The van der Waals surface area contributed by atoms with Gasteiger partial charge < -0.3 is 0 Å². The van der Waals surface area contributed by atoms with Gasteiger partial charge in [0.1, 0.15) is 0 Å². The Bertz CT molecular complexity index is 2100. The van der Waals surface area contributed by atoms with Gasteiger partial charge in [-0.25, -0.2) is 0 Å². The monoisotopic (exact) mass is 498 g/mol. The van der Waals surface area contributed by atoms with E-state index in [0.29, 0.717) is 0 Å². The molecule has 2 aromatic heterocycles. The summed E-state index contributed by atoms with van der Waals surface area (Å²) in [5.41, 5.74) is 5.23. The predicted molar refractivity (Wildman–Crippen MR) is 159 cm³/mol. The SMILES string of the molecule is c1ccc(-c2nnc(-c3ccc4ccc5c(-c6ccccn6)ccc6ccc3c4c65)n2-c2ccccc2)cc1. The Hall–Kier alpha value is -5.35. The van der Waals surface area contributed by atoms with E-state index in [0.717, 1.165) is 45.1 Å². The highest BCUT2D eigenvalue weighted by atomic mass is 15.3. The molecule has 0 spiro atoms. The standard InChI is InChI=1S/C35H22N4/c1-3-9-25(10-4-1)34-37-38-35(39(34)26-11-5-2-6-12-26)30-21-17-24-15-19-28-27(31-13-7-8-22-36-31)18-14-23-16-20-29(30)33(24)32(23)28/h1-22H. The molecule has 0 saturated heterocycles. The summed E-state index contributed by atoms with van der Waals surface area (Å²) in [7, 11) is 0. The van der Waals surface area contributed by atoms with Crippen molar-refractivity contribution in [3.8, 4) is 39.7 Å². The summed E-state index contributed by atoms with van der Waals surface area (Å²) in [4.78, 5) is 4.65. The highest BCUT2D eigenvalue weighted by Crippen LogP contribution is 2.42. The molecule has 4 nitrogen and oxygen atoms in total. The van der Waals surface area contributed by atoms with Gasteiger partial charge in [-0.05, 0) is 62.6 Å². The fourth-order valence-electron chi connectivity index (χ4n) is 5.80. The molecule has 0 unspecified atom stereocenters. The summed E-state index contributed by atoms with van der Waals surface area (Å²) in [6, 6.07) is 44.3. The summed E-state index contributed by atoms with van der Waals surface area (Å²) in [5.74, 6) is 1.64. The molecule has 0 amide bonds. The van der Waals surface area contributed by atoms with Gasteiger partial charge >= 0.3 is 0 Å². The number of benzene rings is 6. The van der Waals surface area contributed by atoms with E-state index >= 15 is 0 Å². The molecule has 0 radical (unpaired) electrons. The van der Waals surface area contributed by atoms with Crippen molar-refractivity contribution in [2.75, 3.05) is 0 Å². The number of hydrogen-bond acceptors (Lipinski definition) is 3. The van der Waals surface area contributed by atoms with E-state index in [4.69, 9.17) is 10.2 Å². The zero-order chi connectivity index (χ0) is 25.8. The third kappa shape index (κ3) is 3.35. The first-order valence-corrected chi connectivity index (χ1v) is 13.1. The first-order valence-electron chi connectivity index (χ1n) is 13.1. The second kappa shape index (κ2) is 8.61. The van der Waals surface area contributed by atoms with Crippen LogP contribution >= 0.6 is 0 Å². The lowest BCUT2D eigenvalue weighted by molar-refractivity contribution is 1.07. The predicted octanol–water partition coefficient (Wildman–Crippen LogP) is 8.56. The van der Waals surface area contributed by atoms with Crippen molar-refractivity contribution in [1.82, 2.24) is 19.7 Å². The molecule has 4 heteroatoms. The fraction of sp³-hybridized carbons (Fsp3) is 0. The van der Waals surface area contributed by atoms with Crippen molar-refractivity contribution in [1.29, 1.82) is 0 Å². The van der Waals surface area contributed by atoms with Crippen molar-refractivity contribution >= 4 is 32.3 Å². The number of nitrogens with zero attached hydrogens (tertiary/aromatic N) is 4. The third-order valence-corrected chi connectivity index (χ3v) is 7.56. The molecule has 2 heterocycles. The van der Waals surface area contributed by atoms with Crippen molar-refractivity contribution in [3.05, 3.63) is 134 Å². The van der Waals surface area contributed by atoms with Crippen molar-refractivity contribution in [2.24, 2.45) is 0 Å². The van der Waals surface area contributed by atoms with E-state index < -0.39 is 0 Å². The van der Waals surface area contributed by atoms with Gasteiger partial charge in [0.25, 0.3) is 0 Å². The zero-order valence-corrected chi connectivity index (χ0v) is 21.0. The van der Waals surface area contributed by atoms with Gasteiger partial charge in [0.2, 0.25) is 0 Å². The lowest BCUT2D eigenvalue weighted by Gasteiger charge is -2.17. The van der Waals surface area contributed by atoms with Crippen LogP contribution in [-0.2, 0) is 0 Å². The lowest BCUT2D eigenvalue weighted by atomic mass is 9.89. The number of aromatic nitrogens is 4. The first kappa shape index (κ1) is 21.7. The van der Waals surface area contributed by atoms with Crippen molar-refractivity contribution < 1.29 is 0 Å². The van der Waals surface area contributed by atoms with E-state index in [9.17, 15) is 0 Å². The first-order chi connectivity index (χ1) is 19.4. The Morgan fingerprint density at radius 2 is 1.05 bits per heavy atom. The normalized spacial score (nSPS) is 11.6. The molecule has 8 rings (SSSR count). The van der Waals surface area contributed by atoms with Gasteiger partial charge in [0, 0.05) is 28.6 Å². The summed E-state index contributed by atoms with van der Waals surface area (Å²) in [6.45, 7) is 0. The Morgan fingerprint density at radius 3 is 1.74 bits per heavy atom. The summed E-state index contributed by atoms with van der Waals surface area (Å²) in [6.07, 6.45) is 1.85. The van der Waals surface area contributed by atoms with Gasteiger partial charge in [-0.15, -0.1) is 10.2 Å². The number of hydrogen-bond donors (Lipinski definition) is 0. The molecule has 0 aliphatic rings. The van der Waals surface area contributed by atoms with Crippen molar-refractivity contribution in [2.45, 2.75) is 0 Å². The van der Waals surface area contributed by atoms with Crippen LogP contribution in [0.15, 0.2) is 134 Å². The number of para-hydroxylation sites is 1. The van der Waals surface area contributed by atoms with E-state index in [1.165, 1.54) is 26.9 Å². The van der Waals surface area contributed by atoms with Gasteiger partial charge in [0.05, 0.1) is 5.69 Å². The summed E-state index contributed by atoms with van der Waals surface area (Å²) < 4.78 is 2.17. The molecule has 0 atom stereocenters. The minimum absolute atomic E-state index is 0.819. The Balaban J connectivity index is 1.44. The second-order valence-electron chi connectivity index (χ2n) is 9.75. The number of rotatable bonds is 4. The van der Waals surface area contributed by atoms with E-state index in [1.807, 2.05) is 42.6 Å². The van der Waals surface area contributed by atoms with Gasteiger partial charge in [0.15, 0.2) is 11.6 Å².